The molecule has 1 fully saturated rings. The van der Waals surface area contributed by atoms with Crippen LogP contribution in [0.5, 0.6) is 5.75 Å². The lowest BCUT2D eigenvalue weighted by Crippen LogP contribution is -2.42. The zero-order valence-corrected chi connectivity index (χ0v) is 23.0. The molecule has 0 saturated carbocycles. The van der Waals surface area contributed by atoms with Crippen molar-refractivity contribution in [2.24, 2.45) is 0 Å². The Morgan fingerprint density at radius 3 is 2.77 bits per heavy atom. The van der Waals surface area contributed by atoms with E-state index < -0.39 is 50.5 Å². The third-order valence-electron chi connectivity index (χ3n) is 6.10. The van der Waals surface area contributed by atoms with Gasteiger partial charge in [0.1, 0.15) is 24.0 Å². The molecular formula is C24H31FN7O7P. The minimum absolute atomic E-state index is 0.0964. The van der Waals surface area contributed by atoms with Gasteiger partial charge in [0, 0.05) is 7.05 Å². The number of benzene rings is 1. The van der Waals surface area contributed by atoms with Gasteiger partial charge in [0.2, 0.25) is 11.6 Å². The summed E-state index contributed by atoms with van der Waals surface area (Å²) in [6, 6.07) is 7.00. The molecule has 6 atom stereocenters. The number of nitrogens with one attached hydrogen (secondary N) is 2. The third kappa shape index (κ3) is 5.78. The number of para-hydroxylation sites is 1. The number of aliphatic hydroxyl groups is 1. The Balaban J connectivity index is 1.60. The van der Waals surface area contributed by atoms with Crippen molar-refractivity contribution in [1.82, 2.24) is 24.6 Å². The van der Waals surface area contributed by atoms with Crippen LogP contribution in [0.15, 0.2) is 49.3 Å². The van der Waals surface area contributed by atoms with E-state index in [9.17, 15) is 14.5 Å². The predicted octanol–water partition coefficient (Wildman–Crippen LogP) is 2.35. The van der Waals surface area contributed by atoms with Gasteiger partial charge in [-0.2, -0.15) is 15.1 Å². The van der Waals surface area contributed by atoms with Gasteiger partial charge in [-0.1, -0.05) is 24.8 Å². The summed E-state index contributed by atoms with van der Waals surface area (Å²) in [5.74, 6) is -0.304. The first-order chi connectivity index (χ1) is 19.0. The quantitative estimate of drug-likeness (QED) is 0.139. The first kappa shape index (κ1) is 29.4. The standard InChI is InChI=1S/C24H31FN7O7P/c1-5-24(25)18(33)16(38-22(24)32-13-28-17-19(27-4)29-23(26)30-20(17)32)12-37-40(35,31-14(3)21(34)36-6-2)39-15-10-8-7-9-11-15/h5,7-11,13-14,16,18,22,33H,1,6,12H2,2-4H3,(H,31,35)(H3,26,27,29,30)/t14-,16-,18-,22-,24-,40?/m1/s1. The van der Waals surface area contributed by atoms with E-state index >= 15 is 4.39 Å². The normalized spacial score (nSPS) is 24.8. The lowest BCUT2D eigenvalue weighted by molar-refractivity contribution is -0.144. The molecule has 14 nitrogen and oxygen atoms in total. The molecule has 216 valence electrons. The van der Waals surface area contributed by atoms with E-state index in [1.54, 1.807) is 32.2 Å². The number of carbonyl (C=O) groups is 1. The molecule has 3 heterocycles. The number of aliphatic hydroxyl groups excluding tert-OH is 1. The van der Waals surface area contributed by atoms with Crippen LogP contribution in [0.4, 0.5) is 16.2 Å². The number of alkyl halides is 1. The third-order valence-corrected chi connectivity index (χ3v) is 7.74. The molecular weight excluding hydrogens is 548 g/mol. The first-order valence-electron chi connectivity index (χ1n) is 12.3. The minimum atomic E-state index is -4.30. The number of halogens is 1. The van der Waals surface area contributed by atoms with Crippen LogP contribution in [0.25, 0.3) is 11.2 Å². The van der Waals surface area contributed by atoms with Crippen LogP contribution >= 0.6 is 7.75 Å². The molecule has 1 unspecified atom stereocenters. The zero-order valence-electron chi connectivity index (χ0n) is 22.1. The minimum Gasteiger partial charge on any atom is -0.465 e. The molecule has 0 aliphatic carbocycles. The topological polar surface area (TPSA) is 185 Å². The van der Waals surface area contributed by atoms with Crippen LogP contribution in [-0.2, 0) is 23.4 Å². The Hall–Kier alpha value is -3.62. The summed E-state index contributed by atoms with van der Waals surface area (Å²) in [5.41, 5.74) is 3.70. The summed E-state index contributed by atoms with van der Waals surface area (Å²) in [5, 5.41) is 16.3. The average Bonchev–Trinajstić information content (AvgIpc) is 3.46. The highest BCUT2D eigenvalue weighted by molar-refractivity contribution is 7.52. The number of aromatic nitrogens is 4. The summed E-state index contributed by atoms with van der Waals surface area (Å²) in [4.78, 5) is 24.6. The number of hydrogen-bond acceptors (Lipinski definition) is 12. The number of rotatable bonds is 12. The molecule has 1 aromatic carbocycles. The van der Waals surface area contributed by atoms with Crippen molar-refractivity contribution in [2.45, 2.75) is 44.0 Å². The first-order valence-corrected chi connectivity index (χ1v) is 13.9. The second-order valence-corrected chi connectivity index (χ2v) is 10.5. The maximum absolute atomic E-state index is 16.2. The molecule has 4 rings (SSSR count). The largest absolute Gasteiger partial charge is 0.465 e. The van der Waals surface area contributed by atoms with Crippen LogP contribution < -0.4 is 20.7 Å². The number of esters is 1. The van der Waals surface area contributed by atoms with Crippen molar-refractivity contribution in [1.29, 1.82) is 0 Å². The zero-order chi connectivity index (χ0) is 29.1. The number of imidazole rings is 1. The molecule has 1 aliphatic rings. The van der Waals surface area contributed by atoms with Gasteiger partial charge >= 0.3 is 13.7 Å². The summed E-state index contributed by atoms with van der Waals surface area (Å²) < 4.78 is 53.2. The van der Waals surface area contributed by atoms with Crippen LogP contribution in [0.1, 0.15) is 20.1 Å². The molecule has 1 saturated heterocycles. The molecule has 16 heteroatoms. The van der Waals surface area contributed by atoms with Crippen molar-refractivity contribution in [3.05, 3.63) is 49.3 Å². The lowest BCUT2D eigenvalue weighted by Gasteiger charge is -2.26. The summed E-state index contributed by atoms with van der Waals surface area (Å²) in [6.07, 6.45) is -2.51. The fourth-order valence-electron chi connectivity index (χ4n) is 4.12. The van der Waals surface area contributed by atoms with E-state index in [4.69, 9.17) is 24.3 Å². The second kappa shape index (κ2) is 11.9. The molecule has 0 radical (unpaired) electrons. The van der Waals surface area contributed by atoms with E-state index in [1.165, 1.54) is 30.0 Å². The molecule has 0 bridgehead atoms. The number of nitrogens with two attached hydrogens (primary N) is 1. The Morgan fingerprint density at radius 1 is 1.40 bits per heavy atom. The Morgan fingerprint density at radius 2 is 2.12 bits per heavy atom. The summed E-state index contributed by atoms with van der Waals surface area (Å²) >= 11 is 0. The van der Waals surface area contributed by atoms with Crippen LogP contribution in [0.2, 0.25) is 0 Å². The maximum atomic E-state index is 16.2. The number of nitrogen functional groups attached to an aromatic ring is 1. The van der Waals surface area contributed by atoms with Gasteiger partial charge in [0.25, 0.3) is 0 Å². The second-order valence-electron chi connectivity index (χ2n) is 8.81. The Bertz CT molecular complexity index is 1410. The van der Waals surface area contributed by atoms with Gasteiger partial charge in [-0.15, -0.1) is 0 Å². The van der Waals surface area contributed by atoms with Crippen LogP contribution in [0.3, 0.4) is 0 Å². The van der Waals surface area contributed by atoms with Crippen molar-refractivity contribution in [3.63, 3.8) is 0 Å². The fourth-order valence-corrected chi connectivity index (χ4v) is 5.63. The number of ether oxygens (including phenoxy) is 2. The molecule has 0 spiro atoms. The highest BCUT2D eigenvalue weighted by Gasteiger charge is 2.57. The highest BCUT2D eigenvalue weighted by atomic mass is 31.2. The average molecular weight is 580 g/mol. The number of anilines is 2. The molecule has 5 N–H and O–H groups in total. The number of hydrogen-bond donors (Lipinski definition) is 4. The smallest absolute Gasteiger partial charge is 0.459 e. The molecule has 1 aliphatic heterocycles. The van der Waals surface area contributed by atoms with Crippen molar-refractivity contribution in [2.75, 3.05) is 31.3 Å². The van der Waals surface area contributed by atoms with Crippen molar-refractivity contribution >= 4 is 36.6 Å². The lowest BCUT2D eigenvalue weighted by atomic mass is 9.96. The van der Waals surface area contributed by atoms with Gasteiger partial charge in [-0.25, -0.2) is 13.9 Å². The summed E-state index contributed by atoms with van der Waals surface area (Å²) in [7, 11) is -2.68. The van der Waals surface area contributed by atoms with Gasteiger partial charge in [0.15, 0.2) is 23.2 Å². The number of fused-ring (bicyclic) bond motifs is 1. The molecule has 3 aromatic rings. The Kier molecular flexibility index (Phi) is 8.71. The number of carbonyl (C=O) groups excluding carboxylic acids is 1. The molecule has 2 aromatic heterocycles. The van der Waals surface area contributed by atoms with Crippen LogP contribution in [0, 0.1) is 0 Å². The molecule has 40 heavy (non-hydrogen) atoms. The van der Waals surface area contributed by atoms with E-state index in [0.29, 0.717) is 11.3 Å². The predicted molar refractivity (Wildman–Crippen MR) is 143 cm³/mol. The fraction of sp³-hybridized carbons (Fsp3) is 0.417. The van der Waals surface area contributed by atoms with Crippen LogP contribution in [-0.4, -0.2) is 74.8 Å². The van der Waals surface area contributed by atoms with Gasteiger partial charge in [0.05, 0.1) is 19.5 Å². The van der Waals surface area contributed by atoms with E-state index in [0.717, 1.165) is 6.08 Å². The van der Waals surface area contributed by atoms with Crippen molar-refractivity contribution in [3.8, 4) is 5.75 Å². The van der Waals surface area contributed by atoms with E-state index in [1.807, 2.05) is 0 Å². The van der Waals surface area contributed by atoms with Gasteiger partial charge in [-0.05, 0) is 32.1 Å². The SMILES string of the molecule is C=C[C@@]1(F)[C@H](O)[C@@H](COP(=O)(N[C@H](C)C(=O)OCC)Oc2ccccc2)O[C@H]1n1cnc2c(NC)nc(N)nc21. The van der Waals surface area contributed by atoms with E-state index in [2.05, 4.69) is 31.9 Å². The summed E-state index contributed by atoms with van der Waals surface area (Å²) in [6.45, 7) is 6.08. The molecule has 0 amide bonds. The van der Waals surface area contributed by atoms with Gasteiger partial charge in [-0.3, -0.25) is 13.9 Å². The maximum Gasteiger partial charge on any atom is 0.459 e. The monoisotopic (exact) mass is 579 g/mol. The number of nitrogens with zero attached hydrogens (tertiary/aromatic N) is 4. The highest BCUT2D eigenvalue weighted by Crippen LogP contribution is 2.48. The van der Waals surface area contributed by atoms with Crippen molar-refractivity contribution < 1.29 is 37.4 Å². The van der Waals surface area contributed by atoms with Gasteiger partial charge < -0.3 is 30.2 Å². The van der Waals surface area contributed by atoms with E-state index in [-0.39, 0.29) is 24.0 Å². The Labute approximate surface area is 229 Å².